The Labute approximate surface area is 73.5 Å². The van der Waals surface area contributed by atoms with E-state index in [0.29, 0.717) is 12.0 Å². The molecule has 0 atom stereocenters. The fourth-order valence-corrected chi connectivity index (χ4v) is 1.42. The van der Waals surface area contributed by atoms with Crippen molar-refractivity contribution in [2.75, 3.05) is 13.2 Å². The van der Waals surface area contributed by atoms with E-state index in [9.17, 15) is 4.79 Å². The quantitative estimate of drug-likeness (QED) is 0.704. The Bertz CT molecular complexity index is 164. The third-order valence-corrected chi connectivity index (χ3v) is 2.50. The molecule has 1 amide bonds. The molecule has 0 bridgehead atoms. The Hall–Kier alpha value is -0.730. The first-order valence-electron chi connectivity index (χ1n) is 4.57. The van der Waals surface area contributed by atoms with Crippen molar-refractivity contribution in [1.29, 1.82) is 0 Å². The van der Waals surface area contributed by atoms with Gasteiger partial charge in [0, 0.05) is 6.54 Å². The van der Waals surface area contributed by atoms with Gasteiger partial charge in [0.15, 0.2) is 0 Å². The first kappa shape index (κ1) is 9.36. The van der Waals surface area contributed by atoms with E-state index >= 15 is 0 Å². The SMILES string of the molecule is CCOC(=O)NCC1(C)CCC1. The van der Waals surface area contributed by atoms with Gasteiger partial charge in [-0.25, -0.2) is 4.79 Å². The Morgan fingerprint density at radius 1 is 1.58 bits per heavy atom. The fourth-order valence-electron chi connectivity index (χ4n) is 1.42. The zero-order valence-corrected chi connectivity index (χ0v) is 7.85. The third-order valence-electron chi connectivity index (χ3n) is 2.50. The molecule has 12 heavy (non-hydrogen) atoms. The summed E-state index contributed by atoms with van der Waals surface area (Å²) in [6.45, 7) is 5.21. The van der Waals surface area contributed by atoms with Gasteiger partial charge in [-0.3, -0.25) is 0 Å². The summed E-state index contributed by atoms with van der Waals surface area (Å²) < 4.78 is 4.76. The minimum atomic E-state index is -0.286. The number of alkyl carbamates (subject to hydrolysis) is 1. The fraction of sp³-hybridized carbons (Fsp3) is 0.889. The van der Waals surface area contributed by atoms with Gasteiger partial charge in [0.1, 0.15) is 0 Å². The van der Waals surface area contributed by atoms with Gasteiger partial charge in [-0.15, -0.1) is 0 Å². The normalized spacial score (nSPS) is 19.5. The van der Waals surface area contributed by atoms with Crippen molar-refractivity contribution in [3.05, 3.63) is 0 Å². The molecule has 1 rings (SSSR count). The highest BCUT2D eigenvalue weighted by Crippen LogP contribution is 2.39. The van der Waals surface area contributed by atoms with E-state index in [1.54, 1.807) is 0 Å². The highest BCUT2D eigenvalue weighted by Gasteiger charge is 2.31. The summed E-state index contributed by atoms with van der Waals surface area (Å²) in [5, 5.41) is 2.76. The summed E-state index contributed by atoms with van der Waals surface area (Å²) in [6.07, 6.45) is 3.45. The van der Waals surface area contributed by atoms with Crippen molar-refractivity contribution in [1.82, 2.24) is 5.32 Å². The van der Waals surface area contributed by atoms with Crippen LogP contribution in [0.5, 0.6) is 0 Å². The summed E-state index contributed by atoms with van der Waals surface area (Å²) in [4.78, 5) is 10.9. The zero-order chi connectivity index (χ0) is 9.03. The van der Waals surface area contributed by atoms with E-state index in [2.05, 4.69) is 12.2 Å². The summed E-state index contributed by atoms with van der Waals surface area (Å²) >= 11 is 0. The second kappa shape index (κ2) is 3.78. The van der Waals surface area contributed by atoms with Crippen LogP contribution in [0.4, 0.5) is 4.79 Å². The molecule has 0 aromatic rings. The van der Waals surface area contributed by atoms with E-state index < -0.39 is 0 Å². The Kier molecular flexibility index (Phi) is 2.95. The van der Waals surface area contributed by atoms with Crippen LogP contribution in [0.15, 0.2) is 0 Å². The molecular weight excluding hydrogens is 154 g/mol. The van der Waals surface area contributed by atoms with Gasteiger partial charge in [0.2, 0.25) is 0 Å². The Morgan fingerprint density at radius 2 is 2.25 bits per heavy atom. The predicted octanol–water partition coefficient (Wildman–Crippen LogP) is 1.92. The van der Waals surface area contributed by atoms with Gasteiger partial charge < -0.3 is 10.1 Å². The van der Waals surface area contributed by atoms with Crippen LogP contribution < -0.4 is 5.32 Å². The second-order valence-electron chi connectivity index (χ2n) is 3.74. The van der Waals surface area contributed by atoms with E-state index in [1.165, 1.54) is 19.3 Å². The maximum atomic E-state index is 10.9. The average molecular weight is 171 g/mol. The summed E-state index contributed by atoms with van der Waals surface area (Å²) in [7, 11) is 0. The van der Waals surface area contributed by atoms with Gasteiger partial charge >= 0.3 is 6.09 Å². The van der Waals surface area contributed by atoms with Gasteiger partial charge in [-0.05, 0) is 25.2 Å². The molecule has 0 unspecified atom stereocenters. The Balaban J connectivity index is 2.12. The molecule has 0 aromatic carbocycles. The van der Waals surface area contributed by atoms with E-state index in [4.69, 9.17) is 4.74 Å². The van der Waals surface area contributed by atoms with Crippen molar-refractivity contribution in [3.8, 4) is 0 Å². The lowest BCUT2D eigenvalue weighted by molar-refractivity contribution is 0.125. The third kappa shape index (κ3) is 2.40. The number of nitrogens with one attached hydrogen (secondary N) is 1. The van der Waals surface area contributed by atoms with Crippen molar-refractivity contribution in [2.24, 2.45) is 5.41 Å². The molecule has 3 nitrogen and oxygen atoms in total. The monoisotopic (exact) mass is 171 g/mol. The maximum Gasteiger partial charge on any atom is 0.407 e. The molecule has 1 saturated carbocycles. The van der Waals surface area contributed by atoms with Crippen molar-refractivity contribution in [3.63, 3.8) is 0 Å². The topological polar surface area (TPSA) is 38.3 Å². The molecule has 0 aliphatic heterocycles. The largest absolute Gasteiger partial charge is 0.450 e. The standard InChI is InChI=1S/C9H17NO2/c1-3-12-8(11)10-7-9(2)5-4-6-9/h3-7H2,1-2H3,(H,10,11). The molecule has 0 aromatic heterocycles. The minimum absolute atomic E-state index is 0.286. The first-order chi connectivity index (χ1) is 5.66. The number of carbonyl (C=O) groups excluding carboxylic acids is 1. The lowest BCUT2D eigenvalue weighted by Gasteiger charge is -2.38. The molecule has 0 spiro atoms. The lowest BCUT2D eigenvalue weighted by atomic mass is 9.70. The van der Waals surface area contributed by atoms with E-state index in [-0.39, 0.29) is 6.09 Å². The second-order valence-corrected chi connectivity index (χ2v) is 3.74. The number of amides is 1. The molecule has 1 N–H and O–H groups in total. The number of hydrogen-bond donors (Lipinski definition) is 1. The highest BCUT2D eigenvalue weighted by atomic mass is 16.5. The minimum Gasteiger partial charge on any atom is -0.450 e. The van der Waals surface area contributed by atoms with Crippen molar-refractivity contribution in [2.45, 2.75) is 33.1 Å². The van der Waals surface area contributed by atoms with Crippen LogP contribution >= 0.6 is 0 Å². The van der Waals surface area contributed by atoms with Crippen LogP contribution in [-0.2, 0) is 4.74 Å². The van der Waals surface area contributed by atoms with Gasteiger partial charge in [0.25, 0.3) is 0 Å². The lowest BCUT2D eigenvalue weighted by Crippen LogP contribution is -2.40. The highest BCUT2D eigenvalue weighted by molar-refractivity contribution is 5.67. The summed E-state index contributed by atoms with van der Waals surface area (Å²) in [6, 6.07) is 0. The number of carbonyl (C=O) groups is 1. The van der Waals surface area contributed by atoms with Crippen LogP contribution in [0.25, 0.3) is 0 Å². The molecule has 0 radical (unpaired) electrons. The molecule has 1 aliphatic carbocycles. The molecule has 70 valence electrons. The average Bonchev–Trinajstić information content (AvgIpc) is 1.98. The number of ether oxygens (including phenoxy) is 1. The van der Waals surface area contributed by atoms with Crippen molar-refractivity contribution >= 4 is 6.09 Å². The van der Waals surface area contributed by atoms with Crippen molar-refractivity contribution < 1.29 is 9.53 Å². The number of hydrogen-bond acceptors (Lipinski definition) is 2. The smallest absolute Gasteiger partial charge is 0.407 e. The molecule has 1 fully saturated rings. The maximum absolute atomic E-state index is 10.9. The molecule has 1 aliphatic rings. The zero-order valence-electron chi connectivity index (χ0n) is 7.85. The van der Waals surface area contributed by atoms with Gasteiger partial charge in [-0.1, -0.05) is 13.3 Å². The van der Waals surface area contributed by atoms with Crippen LogP contribution in [0, 0.1) is 5.41 Å². The van der Waals surface area contributed by atoms with Crippen LogP contribution in [0.2, 0.25) is 0 Å². The molecule has 0 saturated heterocycles. The van der Waals surface area contributed by atoms with Gasteiger partial charge in [0.05, 0.1) is 6.61 Å². The first-order valence-corrected chi connectivity index (χ1v) is 4.57. The molecular formula is C9H17NO2. The number of rotatable bonds is 3. The van der Waals surface area contributed by atoms with Crippen LogP contribution in [-0.4, -0.2) is 19.2 Å². The predicted molar refractivity (Wildman–Crippen MR) is 47.0 cm³/mol. The van der Waals surface area contributed by atoms with E-state index in [1.807, 2.05) is 6.92 Å². The molecule has 3 heteroatoms. The molecule has 0 heterocycles. The summed E-state index contributed by atoms with van der Waals surface area (Å²) in [5.74, 6) is 0. The van der Waals surface area contributed by atoms with Crippen LogP contribution in [0.1, 0.15) is 33.1 Å². The van der Waals surface area contributed by atoms with Gasteiger partial charge in [-0.2, -0.15) is 0 Å². The van der Waals surface area contributed by atoms with E-state index in [0.717, 1.165) is 6.54 Å². The summed E-state index contributed by atoms with van der Waals surface area (Å²) in [5.41, 5.74) is 0.340. The van der Waals surface area contributed by atoms with Crippen LogP contribution in [0.3, 0.4) is 0 Å². The Morgan fingerprint density at radius 3 is 2.67 bits per heavy atom.